The van der Waals surface area contributed by atoms with Crippen LogP contribution in [-0.2, 0) is 20.1 Å². The molecule has 1 spiro atoms. The van der Waals surface area contributed by atoms with Crippen LogP contribution in [0.15, 0.2) is 29.3 Å². The number of ether oxygens (including phenoxy) is 1. The number of amidine groups is 1. The number of carbonyl (C=O) groups excluding carboxylic acids is 2. The summed E-state index contributed by atoms with van der Waals surface area (Å²) in [4.78, 5) is 34.5. The lowest BCUT2D eigenvalue weighted by Gasteiger charge is -2.50. The molecule has 1 saturated carbocycles. The number of hydrogen-bond donors (Lipinski definition) is 2. The number of aryl methyl sites for hydroxylation is 1. The Morgan fingerprint density at radius 1 is 1.28 bits per heavy atom. The zero-order valence-corrected chi connectivity index (χ0v) is 23.2. The van der Waals surface area contributed by atoms with Gasteiger partial charge in [-0.05, 0) is 72.1 Å². The molecular formula is C24H29ClN4O5S2. The molecule has 2 aromatic rings. The van der Waals surface area contributed by atoms with Gasteiger partial charge in [0, 0.05) is 5.69 Å². The molecule has 0 radical (unpaired) electrons. The topological polar surface area (TPSA) is 127 Å². The van der Waals surface area contributed by atoms with Gasteiger partial charge >= 0.3 is 6.09 Å². The van der Waals surface area contributed by atoms with Crippen LogP contribution in [-0.4, -0.2) is 47.3 Å². The molecule has 2 aromatic heterocycles. The maximum absolute atomic E-state index is 13.6. The molecule has 9 nitrogen and oxygen atoms in total. The lowest BCUT2D eigenvalue weighted by Crippen LogP contribution is -2.68. The lowest BCUT2D eigenvalue weighted by atomic mass is 9.81. The molecule has 2 fully saturated rings. The smallest absolute Gasteiger partial charge is 0.435 e. The second-order valence-electron chi connectivity index (χ2n) is 10.4. The molecule has 1 aliphatic heterocycles. The zero-order valence-electron chi connectivity index (χ0n) is 20.8. The molecule has 0 aromatic carbocycles. The highest BCUT2D eigenvalue weighted by molar-refractivity contribution is 7.93. The quantitative estimate of drug-likeness (QED) is 0.557. The summed E-state index contributed by atoms with van der Waals surface area (Å²) < 4.78 is 31.2. The third kappa shape index (κ3) is 5.01. The second-order valence-corrected chi connectivity index (χ2v) is 14.2. The number of amides is 2. The number of carbonyl (C=O) groups is 2. The van der Waals surface area contributed by atoms with Crippen molar-refractivity contribution in [3.8, 4) is 0 Å². The molecule has 2 aliphatic rings. The summed E-state index contributed by atoms with van der Waals surface area (Å²) in [5.41, 5.74) is -1.23. The Bertz CT molecular complexity index is 1360. The van der Waals surface area contributed by atoms with E-state index in [1.165, 1.54) is 6.07 Å². The first-order valence-electron chi connectivity index (χ1n) is 11.5. The molecular weight excluding hydrogens is 524 g/mol. The molecule has 12 heteroatoms. The molecule has 0 unspecified atom stereocenters. The normalized spacial score (nSPS) is 23.6. The fourth-order valence-corrected chi connectivity index (χ4v) is 8.59. The number of nitrogens with zero attached hydrogens (tertiary/aromatic N) is 2. The van der Waals surface area contributed by atoms with Crippen LogP contribution < -0.4 is 10.6 Å². The van der Waals surface area contributed by atoms with E-state index in [-0.39, 0.29) is 16.6 Å². The van der Waals surface area contributed by atoms with E-state index < -0.39 is 37.7 Å². The largest absolute Gasteiger partial charge is 0.442 e. The molecule has 1 atom stereocenters. The van der Waals surface area contributed by atoms with Crippen LogP contribution in [0.5, 0.6) is 0 Å². The van der Waals surface area contributed by atoms with Gasteiger partial charge in [0.15, 0.2) is 9.84 Å². The highest BCUT2D eigenvalue weighted by Gasteiger charge is 2.60. The highest BCUT2D eigenvalue weighted by atomic mass is 35.5. The van der Waals surface area contributed by atoms with Gasteiger partial charge in [0.25, 0.3) is 5.91 Å². The fraction of sp³-hybridized carbons (Fsp3) is 0.500. The zero-order chi connectivity index (χ0) is 26.5. The van der Waals surface area contributed by atoms with Gasteiger partial charge in [-0.2, -0.15) is 4.99 Å². The van der Waals surface area contributed by atoms with E-state index in [0.29, 0.717) is 34.8 Å². The number of anilines is 1. The number of aliphatic imine (C=N–C) groups is 1. The molecule has 1 aliphatic carbocycles. The van der Waals surface area contributed by atoms with Crippen molar-refractivity contribution in [3.63, 3.8) is 0 Å². The molecule has 194 valence electrons. The van der Waals surface area contributed by atoms with Gasteiger partial charge in [-0.25, -0.2) is 18.2 Å². The van der Waals surface area contributed by atoms with Crippen molar-refractivity contribution < 1.29 is 22.7 Å². The van der Waals surface area contributed by atoms with E-state index in [0.717, 1.165) is 17.0 Å². The minimum atomic E-state index is -3.73. The lowest BCUT2D eigenvalue weighted by molar-refractivity contribution is 0.0601. The summed E-state index contributed by atoms with van der Waals surface area (Å²) in [6.45, 7) is 8.64. The minimum absolute atomic E-state index is 0.0659. The van der Waals surface area contributed by atoms with Crippen LogP contribution in [0.3, 0.4) is 0 Å². The van der Waals surface area contributed by atoms with Crippen molar-refractivity contribution >= 4 is 56.4 Å². The van der Waals surface area contributed by atoms with Crippen LogP contribution in [0.4, 0.5) is 10.6 Å². The van der Waals surface area contributed by atoms with Crippen molar-refractivity contribution in [2.45, 2.75) is 69.8 Å². The molecule has 2 N–H and O–H groups in total. The van der Waals surface area contributed by atoms with Gasteiger partial charge in [0.1, 0.15) is 22.0 Å². The van der Waals surface area contributed by atoms with E-state index in [2.05, 4.69) is 20.6 Å². The predicted octanol–water partition coefficient (Wildman–Crippen LogP) is 4.85. The maximum Gasteiger partial charge on any atom is 0.435 e. The first-order chi connectivity index (χ1) is 16.6. The number of rotatable bonds is 3. The summed E-state index contributed by atoms with van der Waals surface area (Å²) in [7, 11) is -3.73. The van der Waals surface area contributed by atoms with Crippen molar-refractivity contribution in [2.24, 2.45) is 4.99 Å². The van der Waals surface area contributed by atoms with Crippen LogP contribution in [0.25, 0.3) is 0 Å². The number of halogens is 1. The summed E-state index contributed by atoms with van der Waals surface area (Å²) in [5, 5.41) is 6.19. The highest BCUT2D eigenvalue weighted by Crippen LogP contribution is 2.48. The average Bonchev–Trinajstić information content (AvgIpc) is 3.07. The number of aromatic nitrogens is 1. The first kappa shape index (κ1) is 26.6. The summed E-state index contributed by atoms with van der Waals surface area (Å²) in [5.74, 6) is -0.203. The SMILES string of the molecule is Cc1cccc(NC(=O)c2cc(Cl)c([C@]3(C)CS(=O)(=O)C4(CCC4)/C(=N\C(=O)OC(C)(C)C)N3)s2)n1. The Morgan fingerprint density at radius 2 is 1.97 bits per heavy atom. The Kier molecular flexibility index (Phi) is 6.72. The van der Waals surface area contributed by atoms with E-state index in [4.69, 9.17) is 16.3 Å². The van der Waals surface area contributed by atoms with E-state index in [9.17, 15) is 18.0 Å². The van der Waals surface area contributed by atoms with Crippen molar-refractivity contribution in [2.75, 3.05) is 11.1 Å². The van der Waals surface area contributed by atoms with Gasteiger partial charge in [0.05, 0.1) is 26.1 Å². The minimum Gasteiger partial charge on any atom is -0.442 e. The van der Waals surface area contributed by atoms with Gasteiger partial charge in [-0.1, -0.05) is 17.7 Å². The van der Waals surface area contributed by atoms with Gasteiger partial charge in [-0.3, -0.25) is 4.79 Å². The monoisotopic (exact) mass is 552 g/mol. The Morgan fingerprint density at radius 3 is 2.56 bits per heavy atom. The van der Waals surface area contributed by atoms with Crippen LogP contribution in [0.1, 0.15) is 67.2 Å². The third-order valence-corrected chi connectivity index (χ3v) is 10.8. The Hall–Kier alpha value is -2.50. The number of sulfone groups is 1. The van der Waals surface area contributed by atoms with Gasteiger partial charge in [-0.15, -0.1) is 11.3 Å². The molecule has 1 saturated heterocycles. The second kappa shape index (κ2) is 9.11. The van der Waals surface area contributed by atoms with Gasteiger partial charge < -0.3 is 15.4 Å². The van der Waals surface area contributed by atoms with Crippen molar-refractivity contribution in [1.82, 2.24) is 10.3 Å². The van der Waals surface area contributed by atoms with Crippen LogP contribution in [0.2, 0.25) is 5.02 Å². The number of pyridine rings is 1. The maximum atomic E-state index is 13.6. The molecule has 0 bridgehead atoms. The summed E-state index contributed by atoms with van der Waals surface area (Å²) >= 11 is 7.63. The number of nitrogens with one attached hydrogen (secondary N) is 2. The third-order valence-electron chi connectivity index (χ3n) is 6.20. The summed E-state index contributed by atoms with van der Waals surface area (Å²) in [6.07, 6.45) is 0.589. The fourth-order valence-electron chi connectivity index (χ4n) is 4.40. The van der Waals surface area contributed by atoms with E-state index in [1.54, 1.807) is 39.8 Å². The molecule has 36 heavy (non-hydrogen) atoms. The first-order valence-corrected chi connectivity index (χ1v) is 14.4. The van der Waals surface area contributed by atoms with E-state index in [1.807, 2.05) is 13.0 Å². The summed E-state index contributed by atoms with van der Waals surface area (Å²) in [6, 6.07) is 6.78. The molecule has 4 rings (SSSR count). The molecule has 2 amide bonds. The standard InChI is InChI=1S/C24H29ClN4O5S2/c1-14-8-6-9-17(26-14)27-19(30)16-12-15(25)18(35-16)23(5)13-36(32,33)24(10-7-11-24)20(29-23)28-21(31)34-22(2,3)4/h6,8-9,12H,7,10-11,13H2,1-5H3,(H,26,27,30)(H,28,29,31)/t23-/m0/s1. The van der Waals surface area contributed by atoms with Gasteiger partial charge in [0.2, 0.25) is 0 Å². The molecule has 3 heterocycles. The number of hydrogen-bond acceptors (Lipinski definition) is 7. The Balaban J connectivity index is 1.68. The van der Waals surface area contributed by atoms with Crippen molar-refractivity contribution in [3.05, 3.63) is 44.7 Å². The number of thiophene rings is 1. The van der Waals surface area contributed by atoms with E-state index >= 15 is 0 Å². The Labute approximate surface area is 219 Å². The van der Waals surface area contributed by atoms with Crippen LogP contribution >= 0.6 is 22.9 Å². The van der Waals surface area contributed by atoms with Crippen molar-refractivity contribution in [1.29, 1.82) is 0 Å². The predicted molar refractivity (Wildman–Crippen MR) is 141 cm³/mol. The van der Waals surface area contributed by atoms with Crippen LogP contribution in [0, 0.1) is 6.92 Å². The average molecular weight is 553 g/mol.